The fourth-order valence-corrected chi connectivity index (χ4v) is 4.81. The molecule has 0 atom stereocenters. The second kappa shape index (κ2) is 17.1. The van der Waals surface area contributed by atoms with Gasteiger partial charge in [0.2, 0.25) is 0 Å². The minimum atomic E-state index is -1.16. The van der Waals surface area contributed by atoms with Gasteiger partial charge in [-0.2, -0.15) is 0 Å². The third kappa shape index (κ3) is 9.92. The van der Waals surface area contributed by atoms with Gasteiger partial charge >= 0.3 is 5.97 Å². The molecule has 3 rings (SSSR count). The first-order valence-electron chi connectivity index (χ1n) is 14.6. The lowest BCUT2D eigenvalue weighted by Crippen LogP contribution is -2.24. The van der Waals surface area contributed by atoms with Gasteiger partial charge in [-0.05, 0) is 36.2 Å². The van der Waals surface area contributed by atoms with E-state index in [1.165, 1.54) is 64.2 Å². The zero-order valence-corrected chi connectivity index (χ0v) is 24.2. The van der Waals surface area contributed by atoms with E-state index in [1.54, 1.807) is 42.5 Å². The number of hydrogen-bond acceptors (Lipinski definition) is 4. The number of benzene rings is 3. The number of halogens is 1. The molecule has 3 aromatic carbocycles. The van der Waals surface area contributed by atoms with Crippen molar-refractivity contribution in [2.24, 2.45) is 0 Å². The standard InChI is InChI=1S/C34H42FNO5/c1-3-4-5-6-7-8-9-10-11-15-20-36-34(39)26-21-29(25-16-13-12-14-17-25)33(35)30(22-26)28-19-18-27(40-2)23-31(28)41-24-32(37)38/h12-14,16-19,21-23H,3-11,15,20,24H2,1-2H3,(H,36,39)(H,37,38). The smallest absolute Gasteiger partial charge is 0.341 e. The highest BCUT2D eigenvalue weighted by Crippen LogP contribution is 2.39. The van der Waals surface area contributed by atoms with Crippen molar-refractivity contribution in [3.05, 3.63) is 72.0 Å². The topological polar surface area (TPSA) is 84.9 Å². The highest BCUT2D eigenvalue weighted by Gasteiger charge is 2.20. The Labute approximate surface area is 242 Å². The number of rotatable bonds is 18. The predicted molar refractivity (Wildman–Crippen MR) is 161 cm³/mol. The number of carboxylic acids is 1. The number of nitrogens with one attached hydrogen (secondary N) is 1. The largest absolute Gasteiger partial charge is 0.497 e. The van der Waals surface area contributed by atoms with Gasteiger partial charge < -0.3 is 19.9 Å². The molecule has 0 saturated carbocycles. The van der Waals surface area contributed by atoms with Crippen LogP contribution in [-0.2, 0) is 4.79 Å². The molecule has 0 fully saturated rings. The zero-order chi connectivity index (χ0) is 29.5. The van der Waals surface area contributed by atoms with Gasteiger partial charge in [-0.15, -0.1) is 0 Å². The lowest BCUT2D eigenvalue weighted by Gasteiger charge is -2.16. The lowest BCUT2D eigenvalue weighted by atomic mass is 9.94. The molecule has 0 aliphatic carbocycles. The van der Waals surface area contributed by atoms with E-state index in [9.17, 15) is 9.59 Å². The third-order valence-electron chi connectivity index (χ3n) is 7.07. The van der Waals surface area contributed by atoms with Crippen LogP contribution in [0.25, 0.3) is 22.3 Å². The summed E-state index contributed by atoms with van der Waals surface area (Å²) in [5.41, 5.74) is 1.67. The molecular weight excluding hydrogens is 521 g/mol. The monoisotopic (exact) mass is 563 g/mol. The highest BCUT2D eigenvalue weighted by molar-refractivity contribution is 5.97. The van der Waals surface area contributed by atoms with Gasteiger partial charge in [0, 0.05) is 34.9 Å². The van der Waals surface area contributed by atoms with Crippen molar-refractivity contribution in [3.8, 4) is 33.8 Å². The Morgan fingerprint density at radius 1 is 0.805 bits per heavy atom. The number of carboxylic acid groups (broad SMARTS) is 1. The number of methoxy groups -OCH3 is 1. The molecule has 6 nitrogen and oxygen atoms in total. The maximum absolute atomic E-state index is 16.1. The quantitative estimate of drug-likeness (QED) is 0.152. The van der Waals surface area contributed by atoms with Crippen molar-refractivity contribution in [1.29, 1.82) is 0 Å². The Kier molecular flexibility index (Phi) is 13.2. The number of carbonyl (C=O) groups is 2. The molecule has 0 aliphatic rings. The van der Waals surface area contributed by atoms with E-state index in [1.807, 2.05) is 6.07 Å². The minimum absolute atomic E-state index is 0.137. The SMILES string of the molecule is CCCCCCCCCCCCNC(=O)c1cc(-c2ccccc2)c(F)c(-c2ccc(OC)cc2OCC(=O)O)c1. The maximum atomic E-state index is 16.1. The maximum Gasteiger partial charge on any atom is 0.341 e. The summed E-state index contributed by atoms with van der Waals surface area (Å²) in [6.07, 6.45) is 12.1. The molecule has 0 aromatic heterocycles. The third-order valence-corrected chi connectivity index (χ3v) is 7.07. The molecule has 41 heavy (non-hydrogen) atoms. The molecule has 0 radical (unpaired) electrons. The molecule has 0 aliphatic heterocycles. The molecule has 0 bridgehead atoms. The number of carbonyl (C=O) groups excluding carboxylic acids is 1. The predicted octanol–water partition coefficient (Wildman–Crippen LogP) is 8.28. The Morgan fingerprint density at radius 2 is 1.44 bits per heavy atom. The lowest BCUT2D eigenvalue weighted by molar-refractivity contribution is -0.139. The molecule has 1 amide bonds. The van der Waals surface area contributed by atoms with Gasteiger partial charge in [0.05, 0.1) is 7.11 Å². The van der Waals surface area contributed by atoms with E-state index in [4.69, 9.17) is 14.6 Å². The summed E-state index contributed by atoms with van der Waals surface area (Å²) in [4.78, 5) is 24.4. The van der Waals surface area contributed by atoms with Crippen molar-refractivity contribution in [3.63, 3.8) is 0 Å². The van der Waals surface area contributed by atoms with Crippen LogP contribution >= 0.6 is 0 Å². The summed E-state index contributed by atoms with van der Waals surface area (Å²) in [7, 11) is 1.48. The van der Waals surface area contributed by atoms with Gasteiger partial charge in [0.15, 0.2) is 6.61 Å². The van der Waals surface area contributed by atoms with E-state index in [0.29, 0.717) is 29.0 Å². The Hall–Kier alpha value is -3.87. The Balaban J connectivity index is 1.76. The highest BCUT2D eigenvalue weighted by atomic mass is 19.1. The molecule has 2 N–H and O–H groups in total. The second-order valence-electron chi connectivity index (χ2n) is 10.2. The molecule has 0 unspecified atom stereocenters. The van der Waals surface area contributed by atoms with Crippen LogP contribution in [0.1, 0.15) is 81.5 Å². The fourth-order valence-electron chi connectivity index (χ4n) is 4.81. The van der Waals surface area contributed by atoms with Crippen molar-refractivity contribution in [2.45, 2.75) is 71.1 Å². The number of aliphatic carboxylic acids is 1. The second-order valence-corrected chi connectivity index (χ2v) is 10.2. The molecule has 0 heterocycles. The molecule has 3 aromatic rings. The van der Waals surface area contributed by atoms with Crippen LogP contribution in [0, 0.1) is 5.82 Å². The van der Waals surface area contributed by atoms with E-state index >= 15 is 4.39 Å². The molecular formula is C34H42FNO5. The van der Waals surface area contributed by atoms with Crippen LogP contribution in [0.15, 0.2) is 60.7 Å². The average Bonchev–Trinajstić information content (AvgIpc) is 2.99. The molecule has 220 valence electrons. The number of hydrogen-bond donors (Lipinski definition) is 2. The van der Waals surface area contributed by atoms with Crippen LogP contribution in [0.4, 0.5) is 4.39 Å². The van der Waals surface area contributed by atoms with Crippen molar-refractivity contribution >= 4 is 11.9 Å². The van der Waals surface area contributed by atoms with Crippen LogP contribution < -0.4 is 14.8 Å². The van der Waals surface area contributed by atoms with E-state index in [-0.39, 0.29) is 22.8 Å². The number of amides is 1. The van der Waals surface area contributed by atoms with Gasteiger partial charge in [-0.1, -0.05) is 95.0 Å². The fraction of sp³-hybridized carbons (Fsp3) is 0.412. The van der Waals surface area contributed by atoms with E-state index in [2.05, 4.69) is 12.2 Å². The first-order valence-corrected chi connectivity index (χ1v) is 14.6. The van der Waals surface area contributed by atoms with Crippen LogP contribution in [0.3, 0.4) is 0 Å². The van der Waals surface area contributed by atoms with Crippen LogP contribution in [0.5, 0.6) is 11.5 Å². The Morgan fingerprint density at radius 3 is 2.07 bits per heavy atom. The van der Waals surface area contributed by atoms with Gasteiger partial charge in [-0.25, -0.2) is 9.18 Å². The van der Waals surface area contributed by atoms with Gasteiger partial charge in [0.1, 0.15) is 17.3 Å². The normalized spacial score (nSPS) is 10.8. The molecule has 0 saturated heterocycles. The summed E-state index contributed by atoms with van der Waals surface area (Å²) in [5, 5.41) is 12.1. The summed E-state index contributed by atoms with van der Waals surface area (Å²) in [6.45, 7) is 2.16. The van der Waals surface area contributed by atoms with E-state index in [0.717, 1.165) is 19.3 Å². The first-order chi connectivity index (χ1) is 19.9. The van der Waals surface area contributed by atoms with Gasteiger partial charge in [0.25, 0.3) is 5.91 Å². The van der Waals surface area contributed by atoms with Crippen molar-refractivity contribution in [2.75, 3.05) is 20.3 Å². The van der Waals surface area contributed by atoms with Gasteiger partial charge in [-0.3, -0.25) is 4.79 Å². The molecule has 7 heteroatoms. The number of ether oxygens (including phenoxy) is 2. The summed E-state index contributed by atoms with van der Waals surface area (Å²) in [6, 6.07) is 16.8. The first kappa shape index (κ1) is 31.7. The van der Waals surface area contributed by atoms with Crippen LogP contribution in [0.2, 0.25) is 0 Å². The minimum Gasteiger partial charge on any atom is -0.497 e. The molecule has 0 spiro atoms. The van der Waals surface area contributed by atoms with Crippen molar-refractivity contribution in [1.82, 2.24) is 5.32 Å². The zero-order valence-electron chi connectivity index (χ0n) is 24.2. The van der Waals surface area contributed by atoms with Crippen LogP contribution in [-0.4, -0.2) is 37.2 Å². The number of unbranched alkanes of at least 4 members (excludes halogenated alkanes) is 9. The Bertz CT molecular complexity index is 1260. The van der Waals surface area contributed by atoms with Crippen molar-refractivity contribution < 1.29 is 28.6 Å². The summed E-state index contributed by atoms with van der Waals surface area (Å²) < 4.78 is 26.8. The average molecular weight is 564 g/mol. The summed E-state index contributed by atoms with van der Waals surface area (Å²) >= 11 is 0. The summed E-state index contributed by atoms with van der Waals surface area (Å²) in [5.74, 6) is -1.41. The van der Waals surface area contributed by atoms with E-state index < -0.39 is 18.4 Å².